The lowest BCUT2D eigenvalue weighted by Crippen LogP contribution is -2.38. The molecule has 0 amide bonds. The molecule has 10 heteroatoms. The SMILES string of the molecule is CCNC(=NCc1ccc(C)cc1OCCCOC)NCCCOCC(F)(F)F.I. The molecule has 0 bridgehead atoms. The number of hydrogen-bond acceptors (Lipinski definition) is 4. The maximum Gasteiger partial charge on any atom is 0.411 e. The smallest absolute Gasteiger partial charge is 0.411 e. The van der Waals surface area contributed by atoms with E-state index < -0.39 is 12.8 Å². The minimum absolute atomic E-state index is 0. The maximum atomic E-state index is 12.0. The molecular weight excluding hydrogens is 514 g/mol. The van der Waals surface area contributed by atoms with Crippen LogP contribution in [0.25, 0.3) is 0 Å². The van der Waals surface area contributed by atoms with Crippen LogP contribution in [0.5, 0.6) is 5.75 Å². The predicted octanol–water partition coefficient (Wildman–Crippen LogP) is 4.05. The zero-order valence-corrected chi connectivity index (χ0v) is 20.1. The van der Waals surface area contributed by atoms with Gasteiger partial charge < -0.3 is 24.8 Å². The molecule has 0 saturated carbocycles. The Bertz CT molecular complexity index is 617. The van der Waals surface area contributed by atoms with Gasteiger partial charge in [0.2, 0.25) is 0 Å². The molecule has 0 heterocycles. The average Bonchev–Trinajstić information content (AvgIpc) is 2.66. The zero-order chi connectivity index (χ0) is 21.5. The van der Waals surface area contributed by atoms with Crippen molar-refractivity contribution in [2.24, 2.45) is 4.99 Å². The molecule has 174 valence electrons. The van der Waals surface area contributed by atoms with Crippen LogP contribution in [0, 0.1) is 6.92 Å². The van der Waals surface area contributed by atoms with E-state index in [2.05, 4.69) is 20.4 Å². The molecule has 0 aliphatic heterocycles. The first kappa shape index (κ1) is 28.7. The molecule has 6 nitrogen and oxygen atoms in total. The topological polar surface area (TPSA) is 64.1 Å². The highest BCUT2D eigenvalue weighted by molar-refractivity contribution is 14.0. The number of methoxy groups -OCH3 is 1. The van der Waals surface area contributed by atoms with Crippen molar-refractivity contribution >= 4 is 29.9 Å². The second-order valence-electron chi connectivity index (χ2n) is 6.45. The minimum Gasteiger partial charge on any atom is -0.493 e. The van der Waals surface area contributed by atoms with Crippen molar-refractivity contribution in [3.05, 3.63) is 29.3 Å². The maximum absolute atomic E-state index is 12.0. The van der Waals surface area contributed by atoms with Crippen molar-refractivity contribution in [3.8, 4) is 5.75 Å². The highest BCUT2D eigenvalue weighted by Crippen LogP contribution is 2.21. The lowest BCUT2D eigenvalue weighted by atomic mass is 10.1. The molecule has 2 N–H and O–H groups in total. The van der Waals surface area contributed by atoms with Crippen molar-refractivity contribution in [1.29, 1.82) is 0 Å². The molecule has 0 aliphatic rings. The fourth-order valence-corrected chi connectivity index (χ4v) is 2.39. The number of guanidine groups is 1. The summed E-state index contributed by atoms with van der Waals surface area (Å²) < 4.78 is 51.6. The van der Waals surface area contributed by atoms with Gasteiger partial charge in [0.25, 0.3) is 0 Å². The van der Waals surface area contributed by atoms with Crippen molar-refractivity contribution in [2.45, 2.75) is 39.4 Å². The summed E-state index contributed by atoms with van der Waals surface area (Å²) in [6.07, 6.45) is -3.05. The highest BCUT2D eigenvalue weighted by atomic mass is 127. The number of nitrogens with one attached hydrogen (secondary N) is 2. The second-order valence-corrected chi connectivity index (χ2v) is 6.45. The third-order valence-corrected chi connectivity index (χ3v) is 3.75. The second kappa shape index (κ2) is 16.4. The molecular formula is C20H33F3IN3O3. The van der Waals surface area contributed by atoms with Crippen LogP contribution < -0.4 is 15.4 Å². The molecule has 0 fully saturated rings. The van der Waals surface area contributed by atoms with E-state index in [1.54, 1.807) is 7.11 Å². The number of halogens is 4. The van der Waals surface area contributed by atoms with Gasteiger partial charge in [-0.25, -0.2) is 4.99 Å². The minimum atomic E-state index is -4.29. The van der Waals surface area contributed by atoms with Crippen LogP contribution in [0.4, 0.5) is 13.2 Å². The number of benzene rings is 1. The lowest BCUT2D eigenvalue weighted by molar-refractivity contribution is -0.173. The lowest BCUT2D eigenvalue weighted by Gasteiger charge is -2.14. The summed E-state index contributed by atoms with van der Waals surface area (Å²) in [5.41, 5.74) is 2.06. The van der Waals surface area contributed by atoms with Crippen LogP contribution in [0.3, 0.4) is 0 Å². The Balaban J connectivity index is 0.00000841. The van der Waals surface area contributed by atoms with E-state index in [9.17, 15) is 13.2 Å². The Morgan fingerprint density at radius 1 is 1.10 bits per heavy atom. The van der Waals surface area contributed by atoms with E-state index in [1.165, 1.54) is 0 Å². The van der Waals surface area contributed by atoms with Crippen LogP contribution in [0.1, 0.15) is 30.9 Å². The Morgan fingerprint density at radius 3 is 2.53 bits per heavy atom. The number of hydrogen-bond donors (Lipinski definition) is 2. The number of ether oxygens (including phenoxy) is 3. The Morgan fingerprint density at radius 2 is 1.87 bits per heavy atom. The first-order valence-electron chi connectivity index (χ1n) is 9.73. The van der Waals surface area contributed by atoms with Crippen molar-refractivity contribution < 1.29 is 27.4 Å². The van der Waals surface area contributed by atoms with E-state index in [-0.39, 0.29) is 30.6 Å². The van der Waals surface area contributed by atoms with Gasteiger partial charge in [-0.05, 0) is 31.9 Å². The third kappa shape index (κ3) is 13.9. The molecule has 30 heavy (non-hydrogen) atoms. The fourth-order valence-electron chi connectivity index (χ4n) is 2.39. The first-order valence-corrected chi connectivity index (χ1v) is 9.73. The van der Waals surface area contributed by atoms with E-state index in [1.807, 2.05) is 32.0 Å². The number of aryl methyl sites for hydroxylation is 1. The number of alkyl halides is 3. The summed E-state index contributed by atoms with van der Waals surface area (Å²) in [6, 6.07) is 5.97. The summed E-state index contributed by atoms with van der Waals surface area (Å²) in [5.74, 6) is 1.38. The monoisotopic (exact) mass is 547 g/mol. The Hall–Kier alpha value is -1.27. The molecule has 1 aromatic carbocycles. The summed E-state index contributed by atoms with van der Waals surface area (Å²) in [4.78, 5) is 4.54. The van der Waals surface area contributed by atoms with Crippen LogP contribution in [0.2, 0.25) is 0 Å². The van der Waals surface area contributed by atoms with Gasteiger partial charge in [-0.1, -0.05) is 12.1 Å². The molecule has 0 saturated heterocycles. The Kier molecular flexibility index (Phi) is 15.7. The average molecular weight is 547 g/mol. The molecule has 0 spiro atoms. The van der Waals surface area contributed by atoms with Gasteiger partial charge in [-0.3, -0.25) is 0 Å². The summed E-state index contributed by atoms with van der Waals surface area (Å²) in [6.45, 7) is 5.50. The third-order valence-electron chi connectivity index (χ3n) is 3.75. The van der Waals surface area contributed by atoms with Crippen LogP contribution in [-0.4, -0.2) is 58.8 Å². The zero-order valence-electron chi connectivity index (χ0n) is 17.8. The largest absolute Gasteiger partial charge is 0.493 e. The summed E-state index contributed by atoms with van der Waals surface area (Å²) >= 11 is 0. The molecule has 1 aromatic rings. The predicted molar refractivity (Wildman–Crippen MR) is 123 cm³/mol. The van der Waals surface area contributed by atoms with E-state index in [0.717, 1.165) is 23.3 Å². The number of aliphatic imine (C=N–C) groups is 1. The van der Waals surface area contributed by atoms with Crippen LogP contribution in [-0.2, 0) is 16.0 Å². The molecule has 0 aromatic heterocycles. The van der Waals surface area contributed by atoms with Crippen molar-refractivity contribution in [1.82, 2.24) is 10.6 Å². The molecule has 0 atom stereocenters. The standard InChI is InChI=1S/C20H32F3N3O3.HI/c1-4-24-19(25-9-5-11-28-15-20(21,22)23)26-14-17-8-7-16(2)13-18(17)29-12-6-10-27-3;/h7-8,13H,4-6,9-12,14-15H2,1-3H3,(H2,24,25,26);1H. The van der Waals surface area contributed by atoms with Crippen LogP contribution in [0.15, 0.2) is 23.2 Å². The van der Waals surface area contributed by atoms with Gasteiger partial charge >= 0.3 is 6.18 Å². The highest BCUT2D eigenvalue weighted by Gasteiger charge is 2.27. The number of nitrogens with zero attached hydrogens (tertiary/aromatic N) is 1. The van der Waals surface area contributed by atoms with Gasteiger partial charge in [0.15, 0.2) is 5.96 Å². The van der Waals surface area contributed by atoms with Crippen molar-refractivity contribution in [2.75, 3.05) is 46.6 Å². The summed E-state index contributed by atoms with van der Waals surface area (Å²) in [7, 11) is 1.66. The van der Waals surface area contributed by atoms with Crippen LogP contribution >= 0.6 is 24.0 Å². The molecule has 1 rings (SSSR count). The van der Waals surface area contributed by atoms with Crippen molar-refractivity contribution in [3.63, 3.8) is 0 Å². The van der Waals surface area contributed by atoms with Gasteiger partial charge in [0.05, 0.1) is 13.2 Å². The van der Waals surface area contributed by atoms with Gasteiger partial charge in [0, 0.05) is 45.4 Å². The van der Waals surface area contributed by atoms with E-state index in [0.29, 0.717) is 45.2 Å². The fraction of sp³-hybridized carbons (Fsp3) is 0.650. The molecule has 0 aliphatic carbocycles. The van der Waals surface area contributed by atoms with Gasteiger partial charge in [0.1, 0.15) is 12.4 Å². The quantitative estimate of drug-likeness (QED) is 0.169. The van der Waals surface area contributed by atoms with Gasteiger partial charge in [-0.2, -0.15) is 13.2 Å². The van der Waals surface area contributed by atoms with Gasteiger partial charge in [-0.15, -0.1) is 24.0 Å². The summed E-state index contributed by atoms with van der Waals surface area (Å²) in [5, 5.41) is 6.22. The Labute approximate surface area is 194 Å². The number of rotatable bonds is 13. The first-order chi connectivity index (χ1) is 13.9. The molecule has 0 radical (unpaired) electrons. The molecule has 0 unspecified atom stereocenters. The van der Waals surface area contributed by atoms with E-state index >= 15 is 0 Å². The normalized spacial score (nSPS) is 11.7. The van der Waals surface area contributed by atoms with E-state index in [4.69, 9.17) is 9.47 Å².